The quantitative estimate of drug-likeness (QED) is 0.866. The third-order valence-electron chi connectivity index (χ3n) is 2.55. The molecule has 0 spiro atoms. The van der Waals surface area contributed by atoms with Crippen molar-refractivity contribution in [2.45, 2.75) is 6.92 Å². The Morgan fingerprint density at radius 1 is 1.35 bits per heavy atom. The smallest absolute Gasteiger partial charge is 0.247 e. The Morgan fingerprint density at radius 3 is 2.70 bits per heavy atom. The van der Waals surface area contributed by atoms with Gasteiger partial charge in [-0.1, -0.05) is 18.2 Å². The molecule has 1 aromatic carbocycles. The average Bonchev–Trinajstić information content (AvgIpc) is 2.45. The third-order valence-corrected chi connectivity index (χ3v) is 2.81. The highest BCUT2D eigenvalue weighted by atomic mass is 35.5. The van der Waals surface area contributed by atoms with E-state index in [1.54, 1.807) is 43.5 Å². The van der Waals surface area contributed by atoms with Crippen LogP contribution < -0.4 is 10.1 Å². The molecule has 1 heterocycles. The van der Waals surface area contributed by atoms with E-state index in [1.807, 2.05) is 0 Å². The van der Waals surface area contributed by atoms with Gasteiger partial charge in [-0.3, -0.25) is 9.78 Å². The van der Waals surface area contributed by atoms with E-state index in [2.05, 4.69) is 16.9 Å². The molecule has 0 fully saturated rings. The molecule has 0 aliphatic rings. The number of carbonyl (C=O) groups is 1. The second-order valence-electron chi connectivity index (χ2n) is 4.05. The monoisotopic (exact) mass is 288 g/mol. The molecule has 1 N–H and O–H groups in total. The Hall–Kier alpha value is -2.33. The molecular weight excluding hydrogens is 276 g/mol. The summed E-state index contributed by atoms with van der Waals surface area (Å²) in [5.74, 6) is 0.872. The first kappa shape index (κ1) is 14.1. The molecule has 0 bridgehead atoms. The summed E-state index contributed by atoms with van der Waals surface area (Å²) in [7, 11) is 0. The van der Waals surface area contributed by atoms with Gasteiger partial charge in [0.05, 0.1) is 17.6 Å². The van der Waals surface area contributed by atoms with Crippen LogP contribution in [0.3, 0.4) is 0 Å². The van der Waals surface area contributed by atoms with Crippen LogP contribution in [0, 0.1) is 6.92 Å². The van der Waals surface area contributed by atoms with Crippen molar-refractivity contribution in [1.82, 2.24) is 4.98 Å². The zero-order chi connectivity index (χ0) is 14.5. The number of rotatable bonds is 4. The van der Waals surface area contributed by atoms with Crippen molar-refractivity contribution in [3.8, 4) is 11.5 Å². The lowest BCUT2D eigenvalue weighted by Gasteiger charge is -2.10. The molecule has 0 saturated heterocycles. The number of nitrogens with one attached hydrogen (secondary N) is 1. The second kappa shape index (κ2) is 6.21. The largest absolute Gasteiger partial charge is 0.456 e. The maximum Gasteiger partial charge on any atom is 0.247 e. The normalized spacial score (nSPS) is 9.90. The van der Waals surface area contributed by atoms with Gasteiger partial charge in [-0.25, -0.2) is 0 Å². The van der Waals surface area contributed by atoms with Crippen molar-refractivity contribution in [2.75, 3.05) is 5.32 Å². The SMILES string of the molecule is C=CC(=O)Nc1cc(Oc2ccc(Cl)cc2)cnc1C. The van der Waals surface area contributed by atoms with E-state index in [9.17, 15) is 4.79 Å². The molecule has 0 aliphatic carbocycles. The Bertz CT molecular complexity index is 639. The minimum absolute atomic E-state index is 0.293. The molecule has 20 heavy (non-hydrogen) atoms. The number of anilines is 1. The maximum absolute atomic E-state index is 11.3. The molecule has 2 aromatic rings. The first-order chi connectivity index (χ1) is 9.58. The third kappa shape index (κ3) is 3.59. The van der Waals surface area contributed by atoms with Crippen molar-refractivity contribution in [1.29, 1.82) is 0 Å². The first-order valence-corrected chi connectivity index (χ1v) is 6.30. The van der Waals surface area contributed by atoms with Crippen molar-refractivity contribution in [2.24, 2.45) is 0 Å². The summed E-state index contributed by atoms with van der Waals surface area (Å²) in [5, 5.41) is 3.31. The number of hydrogen-bond donors (Lipinski definition) is 1. The molecule has 0 unspecified atom stereocenters. The van der Waals surface area contributed by atoms with Gasteiger partial charge in [0, 0.05) is 11.1 Å². The minimum atomic E-state index is -0.293. The number of amides is 1. The summed E-state index contributed by atoms with van der Waals surface area (Å²) >= 11 is 5.81. The van der Waals surface area contributed by atoms with Crippen LogP contribution in [-0.4, -0.2) is 10.9 Å². The van der Waals surface area contributed by atoms with Crippen LogP contribution in [0.4, 0.5) is 5.69 Å². The fraction of sp³-hybridized carbons (Fsp3) is 0.0667. The zero-order valence-electron chi connectivity index (χ0n) is 10.9. The number of nitrogens with zero attached hydrogens (tertiary/aromatic N) is 1. The molecule has 0 aliphatic heterocycles. The van der Waals surface area contributed by atoms with Crippen LogP contribution >= 0.6 is 11.6 Å². The molecule has 1 amide bonds. The van der Waals surface area contributed by atoms with Gasteiger partial charge in [0.25, 0.3) is 0 Å². The van der Waals surface area contributed by atoms with Crippen LogP contribution in [-0.2, 0) is 4.79 Å². The van der Waals surface area contributed by atoms with Gasteiger partial charge in [-0.05, 0) is 37.3 Å². The van der Waals surface area contributed by atoms with E-state index in [4.69, 9.17) is 16.3 Å². The van der Waals surface area contributed by atoms with Crippen LogP contribution in [0.25, 0.3) is 0 Å². The van der Waals surface area contributed by atoms with Gasteiger partial charge in [-0.15, -0.1) is 0 Å². The summed E-state index contributed by atoms with van der Waals surface area (Å²) < 4.78 is 5.65. The number of carbonyl (C=O) groups excluding carboxylic acids is 1. The average molecular weight is 289 g/mol. The van der Waals surface area contributed by atoms with E-state index in [-0.39, 0.29) is 5.91 Å². The first-order valence-electron chi connectivity index (χ1n) is 5.92. The van der Waals surface area contributed by atoms with Crippen LogP contribution in [0.5, 0.6) is 11.5 Å². The van der Waals surface area contributed by atoms with Crippen molar-refractivity contribution in [3.63, 3.8) is 0 Å². The Labute approximate surface area is 122 Å². The lowest BCUT2D eigenvalue weighted by atomic mass is 10.3. The van der Waals surface area contributed by atoms with Gasteiger partial charge in [0.2, 0.25) is 5.91 Å². The number of pyridine rings is 1. The summed E-state index contributed by atoms with van der Waals surface area (Å²) in [6.45, 7) is 5.21. The predicted molar refractivity (Wildman–Crippen MR) is 79.3 cm³/mol. The van der Waals surface area contributed by atoms with Gasteiger partial charge in [0.1, 0.15) is 11.5 Å². The molecule has 5 heteroatoms. The lowest BCUT2D eigenvalue weighted by Crippen LogP contribution is -2.09. The van der Waals surface area contributed by atoms with Crippen LogP contribution in [0.2, 0.25) is 5.02 Å². The second-order valence-corrected chi connectivity index (χ2v) is 4.49. The number of aromatic nitrogens is 1. The molecule has 1 aromatic heterocycles. The van der Waals surface area contributed by atoms with Crippen molar-refractivity contribution in [3.05, 3.63) is 59.9 Å². The van der Waals surface area contributed by atoms with E-state index in [0.717, 1.165) is 0 Å². The Balaban J connectivity index is 2.20. The van der Waals surface area contributed by atoms with Crippen LogP contribution in [0.15, 0.2) is 49.2 Å². The highest BCUT2D eigenvalue weighted by molar-refractivity contribution is 6.30. The Kier molecular flexibility index (Phi) is 4.38. The number of benzene rings is 1. The van der Waals surface area contributed by atoms with E-state index < -0.39 is 0 Å². The van der Waals surface area contributed by atoms with Crippen LogP contribution in [0.1, 0.15) is 5.69 Å². The Morgan fingerprint density at radius 2 is 2.05 bits per heavy atom. The number of ether oxygens (including phenoxy) is 1. The molecule has 0 saturated carbocycles. The molecular formula is C15H13ClN2O2. The molecule has 0 atom stereocenters. The lowest BCUT2D eigenvalue weighted by molar-refractivity contribution is -0.111. The number of aryl methyl sites for hydroxylation is 1. The van der Waals surface area contributed by atoms with E-state index in [0.29, 0.717) is 27.9 Å². The summed E-state index contributed by atoms with van der Waals surface area (Å²) in [5.41, 5.74) is 1.28. The summed E-state index contributed by atoms with van der Waals surface area (Å²) in [6.07, 6.45) is 2.79. The zero-order valence-corrected chi connectivity index (χ0v) is 11.6. The van der Waals surface area contributed by atoms with Gasteiger partial charge in [-0.2, -0.15) is 0 Å². The molecule has 102 valence electrons. The summed E-state index contributed by atoms with van der Waals surface area (Å²) in [4.78, 5) is 15.5. The molecule has 2 rings (SSSR count). The van der Waals surface area contributed by atoms with E-state index >= 15 is 0 Å². The van der Waals surface area contributed by atoms with E-state index in [1.165, 1.54) is 6.08 Å². The van der Waals surface area contributed by atoms with Crippen molar-refractivity contribution >= 4 is 23.2 Å². The predicted octanol–water partition coefficient (Wildman–Crippen LogP) is 3.96. The number of hydrogen-bond acceptors (Lipinski definition) is 3. The summed E-state index contributed by atoms with van der Waals surface area (Å²) in [6, 6.07) is 8.69. The fourth-order valence-electron chi connectivity index (χ4n) is 1.52. The van der Waals surface area contributed by atoms with Gasteiger partial charge < -0.3 is 10.1 Å². The highest BCUT2D eigenvalue weighted by Gasteiger charge is 2.06. The van der Waals surface area contributed by atoms with Crippen molar-refractivity contribution < 1.29 is 9.53 Å². The molecule has 4 nitrogen and oxygen atoms in total. The molecule has 0 radical (unpaired) electrons. The maximum atomic E-state index is 11.3. The topological polar surface area (TPSA) is 51.2 Å². The van der Waals surface area contributed by atoms with Gasteiger partial charge >= 0.3 is 0 Å². The standard InChI is InChI=1S/C15H13ClN2O2/c1-3-15(19)18-14-8-13(9-17-10(14)2)20-12-6-4-11(16)5-7-12/h3-9H,1H2,2H3,(H,18,19). The fourth-order valence-corrected chi connectivity index (χ4v) is 1.64. The number of halogens is 1. The minimum Gasteiger partial charge on any atom is -0.456 e. The van der Waals surface area contributed by atoms with Gasteiger partial charge in [0.15, 0.2) is 0 Å². The highest BCUT2D eigenvalue weighted by Crippen LogP contribution is 2.26.